The largest absolute Gasteiger partial charge is 0.376 e. The summed E-state index contributed by atoms with van der Waals surface area (Å²) in [6, 6.07) is 9.88. The molecule has 1 atom stereocenters. The van der Waals surface area contributed by atoms with Crippen molar-refractivity contribution in [2.45, 2.75) is 25.5 Å². The van der Waals surface area contributed by atoms with E-state index in [1.54, 1.807) is 7.05 Å². The van der Waals surface area contributed by atoms with Gasteiger partial charge in [-0.2, -0.15) is 4.98 Å². The Morgan fingerprint density at radius 2 is 1.96 bits per heavy atom. The van der Waals surface area contributed by atoms with Crippen molar-refractivity contribution in [1.82, 2.24) is 18.7 Å². The van der Waals surface area contributed by atoms with Crippen LogP contribution in [-0.2, 0) is 25.4 Å². The van der Waals surface area contributed by atoms with Gasteiger partial charge in [0.2, 0.25) is 5.95 Å². The summed E-state index contributed by atoms with van der Waals surface area (Å²) in [5.74, 6) is 0.572. The van der Waals surface area contributed by atoms with Crippen LogP contribution < -0.4 is 16.6 Å². The van der Waals surface area contributed by atoms with Gasteiger partial charge in [0.1, 0.15) is 0 Å². The van der Waals surface area contributed by atoms with Gasteiger partial charge in [-0.3, -0.25) is 18.5 Å². The van der Waals surface area contributed by atoms with Crippen LogP contribution in [-0.4, -0.2) is 37.9 Å². The number of hydrogen-bond acceptors (Lipinski definition) is 5. The van der Waals surface area contributed by atoms with Crippen molar-refractivity contribution in [3.05, 3.63) is 56.7 Å². The highest BCUT2D eigenvalue weighted by Crippen LogP contribution is 2.19. The predicted molar refractivity (Wildman–Crippen MR) is 103 cm³/mol. The molecule has 1 N–H and O–H groups in total. The number of aromatic nitrogens is 4. The summed E-state index contributed by atoms with van der Waals surface area (Å²) in [5, 5.41) is 3.32. The standard InChI is InChI=1S/C19H23N5O3/c1-22-16-15(17(25)23(2)19(22)26)24(12-13-7-4-3-5-8-13)18(21-16)20-11-14-9-6-10-27-14/h3-5,7-8,14H,6,9-12H2,1-2H3,(H,20,21)/t14-/m0/s1. The first-order chi connectivity index (χ1) is 13.1. The summed E-state index contributed by atoms with van der Waals surface area (Å²) in [5.41, 5.74) is 1.12. The van der Waals surface area contributed by atoms with Crippen molar-refractivity contribution in [1.29, 1.82) is 0 Å². The first-order valence-corrected chi connectivity index (χ1v) is 9.12. The van der Waals surface area contributed by atoms with E-state index in [1.807, 2.05) is 34.9 Å². The van der Waals surface area contributed by atoms with Gasteiger partial charge in [-0.25, -0.2) is 4.79 Å². The fourth-order valence-corrected chi connectivity index (χ4v) is 3.51. The molecule has 4 rings (SSSR count). The molecule has 1 aromatic carbocycles. The normalized spacial score (nSPS) is 16.9. The third-order valence-electron chi connectivity index (χ3n) is 5.04. The van der Waals surface area contributed by atoms with E-state index >= 15 is 0 Å². The van der Waals surface area contributed by atoms with Crippen LogP contribution in [0.2, 0.25) is 0 Å². The summed E-state index contributed by atoms with van der Waals surface area (Å²) in [4.78, 5) is 29.7. The summed E-state index contributed by atoms with van der Waals surface area (Å²) in [6.45, 7) is 1.88. The molecule has 0 saturated carbocycles. The molecule has 0 aliphatic carbocycles. The van der Waals surface area contributed by atoms with Crippen LogP contribution >= 0.6 is 0 Å². The zero-order valence-corrected chi connectivity index (χ0v) is 15.5. The van der Waals surface area contributed by atoms with E-state index in [2.05, 4.69) is 10.3 Å². The average Bonchev–Trinajstić information content (AvgIpc) is 3.32. The molecule has 8 heteroatoms. The van der Waals surface area contributed by atoms with Gasteiger partial charge < -0.3 is 10.1 Å². The first kappa shape index (κ1) is 17.5. The molecule has 1 aliphatic heterocycles. The zero-order chi connectivity index (χ0) is 19.0. The van der Waals surface area contributed by atoms with E-state index < -0.39 is 0 Å². The minimum Gasteiger partial charge on any atom is -0.376 e. The fraction of sp³-hybridized carbons (Fsp3) is 0.421. The van der Waals surface area contributed by atoms with E-state index in [4.69, 9.17) is 4.74 Å². The van der Waals surface area contributed by atoms with Crippen molar-refractivity contribution in [2.24, 2.45) is 14.1 Å². The number of benzene rings is 1. The molecule has 8 nitrogen and oxygen atoms in total. The maximum atomic E-state index is 12.8. The number of imidazole rings is 1. The summed E-state index contributed by atoms with van der Waals surface area (Å²) in [6.07, 6.45) is 2.20. The van der Waals surface area contributed by atoms with Gasteiger partial charge in [0.05, 0.1) is 12.6 Å². The summed E-state index contributed by atoms with van der Waals surface area (Å²) >= 11 is 0. The lowest BCUT2D eigenvalue weighted by molar-refractivity contribution is 0.120. The van der Waals surface area contributed by atoms with Gasteiger partial charge >= 0.3 is 5.69 Å². The molecule has 0 amide bonds. The molecule has 0 spiro atoms. The third kappa shape index (κ3) is 3.16. The lowest BCUT2D eigenvalue weighted by Gasteiger charge is -2.13. The van der Waals surface area contributed by atoms with Crippen LogP contribution in [0.1, 0.15) is 18.4 Å². The lowest BCUT2D eigenvalue weighted by atomic mass is 10.2. The highest BCUT2D eigenvalue weighted by molar-refractivity contribution is 5.74. The molecular weight excluding hydrogens is 346 g/mol. The van der Waals surface area contributed by atoms with Crippen molar-refractivity contribution < 1.29 is 4.74 Å². The Bertz CT molecular complexity index is 1070. The Morgan fingerprint density at radius 3 is 2.67 bits per heavy atom. The monoisotopic (exact) mass is 369 g/mol. The second-order valence-electron chi connectivity index (χ2n) is 6.90. The molecule has 1 fully saturated rings. The minimum absolute atomic E-state index is 0.140. The molecule has 0 bridgehead atoms. The Hall–Kier alpha value is -2.87. The molecule has 1 aliphatic rings. The van der Waals surface area contributed by atoms with E-state index in [0.717, 1.165) is 29.6 Å². The second-order valence-corrected chi connectivity index (χ2v) is 6.90. The van der Waals surface area contributed by atoms with Crippen molar-refractivity contribution in [3.63, 3.8) is 0 Å². The number of fused-ring (bicyclic) bond motifs is 1. The van der Waals surface area contributed by atoms with Gasteiger partial charge in [-0.15, -0.1) is 0 Å². The molecule has 0 unspecified atom stereocenters. The van der Waals surface area contributed by atoms with Crippen molar-refractivity contribution in [3.8, 4) is 0 Å². The van der Waals surface area contributed by atoms with Gasteiger partial charge in [-0.05, 0) is 18.4 Å². The SMILES string of the molecule is Cn1c(=O)c2c(nc(NC[C@@H]3CCCO3)n2Cc2ccccc2)n(C)c1=O. The molecule has 27 heavy (non-hydrogen) atoms. The van der Waals surface area contributed by atoms with Crippen LogP contribution in [0.4, 0.5) is 5.95 Å². The van der Waals surface area contributed by atoms with Crippen LogP contribution in [0.3, 0.4) is 0 Å². The molecular formula is C19H23N5O3. The number of nitrogens with zero attached hydrogens (tertiary/aromatic N) is 4. The molecule has 2 aromatic heterocycles. The fourth-order valence-electron chi connectivity index (χ4n) is 3.51. The quantitative estimate of drug-likeness (QED) is 0.727. The maximum absolute atomic E-state index is 12.8. The zero-order valence-electron chi connectivity index (χ0n) is 15.5. The summed E-state index contributed by atoms with van der Waals surface area (Å²) in [7, 11) is 3.12. The van der Waals surface area contributed by atoms with E-state index in [0.29, 0.717) is 30.2 Å². The van der Waals surface area contributed by atoms with Crippen LogP contribution in [0.5, 0.6) is 0 Å². The van der Waals surface area contributed by atoms with Gasteiger partial charge in [0.15, 0.2) is 11.2 Å². The number of nitrogens with one attached hydrogen (secondary N) is 1. The van der Waals surface area contributed by atoms with Gasteiger partial charge in [0, 0.05) is 27.2 Å². The lowest BCUT2D eigenvalue weighted by Crippen LogP contribution is -2.37. The second kappa shape index (κ2) is 7.03. The van der Waals surface area contributed by atoms with Crippen LogP contribution in [0.25, 0.3) is 11.2 Å². The maximum Gasteiger partial charge on any atom is 0.332 e. The Morgan fingerprint density at radius 1 is 1.19 bits per heavy atom. The van der Waals surface area contributed by atoms with Crippen molar-refractivity contribution >= 4 is 17.1 Å². The minimum atomic E-state index is -0.387. The Balaban J connectivity index is 1.83. The first-order valence-electron chi connectivity index (χ1n) is 9.12. The van der Waals surface area contributed by atoms with E-state index in [-0.39, 0.29) is 17.4 Å². The number of ether oxygens (including phenoxy) is 1. The number of rotatable bonds is 5. The van der Waals surface area contributed by atoms with Gasteiger partial charge in [0.25, 0.3) is 5.56 Å². The average molecular weight is 369 g/mol. The Labute approximate surface area is 156 Å². The van der Waals surface area contributed by atoms with Gasteiger partial charge in [-0.1, -0.05) is 30.3 Å². The van der Waals surface area contributed by atoms with Crippen LogP contribution in [0, 0.1) is 0 Å². The predicted octanol–water partition coefficient (Wildman–Crippen LogP) is 1.07. The molecule has 3 aromatic rings. The van der Waals surface area contributed by atoms with Crippen LogP contribution in [0.15, 0.2) is 39.9 Å². The topological polar surface area (TPSA) is 83.1 Å². The Kier molecular flexibility index (Phi) is 4.57. The number of hydrogen-bond donors (Lipinski definition) is 1. The third-order valence-corrected chi connectivity index (χ3v) is 5.04. The van der Waals surface area contributed by atoms with E-state index in [9.17, 15) is 9.59 Å². The molecule has 1 saturated heterocycles. The number of anilines is 1. The highest BCUT2D eigenvalue weighted by atomic mass is 16.5. The highest BCUT2D eigenvalue weighted by Gasteiger charge is 2.21. The molecule has 3 heterocycles. The van der Waals surface area contributed by atoms with Crippen molar-refractivity contribution in [2.75, 3.05) is 18.5 Å². The molecule has 142 valence electrons. The van der Waals surface area contributed by atoms with E-state index in [1.165, 1.54) is 11.6 Å². The summed E-state index contributed by atoms with van der Waals surface area (Å²) < 4.78 is 10.1. The molecule has 0 radical (unpaired) electrons. The number of aryl methyl sites for hydroxylation is 1. The smallest absolute Gasteiger partial charge is 0.332 e.